The van der Waals surface area contributed by atoms with E-state index in [4.69, 9.17) is 9.47 Å². The monoisotopic (exact) mass is 349 g/mol. The third-order valence-corrected chi connectivity index (χ3v) is 5.07. The first-order valence-electron chi connectivity index (χ1n) is 9.22. The van der Waals surface area contributed by atoms with Gasteiger partial charge in [-0.15, -0.1) is 0 Å². The number of carbonyl (C=O) groups is 1. The van der Waals surface area contributed by atoms with E-state index in [0.717, 1.165) is 24.2 Å². The van der Waals surface area contributed by atoms with Gasteiger partial charge in [-0.05, 0) is 42.5 Å². The van der Waals surface area contributed by atoms with E-state index in [0.29, 0.717) is 26.3 Å². The van der Waals surface area contributed by atoms with Gasteiger partial charge in [0.15, 0.2) is 0 Å². The minimum absolute atomic E-state index is 0.207. The van der Waals surface area contributed by atoms with Crippen LogP contribution in [0.5, 0.6) is 5.75 Å². The lowest BCUT2D eigenvalue weighted by atomic mass is 9.86. The molecule has 0 aliphatic carbocycles. The first kappa shape index (κ1) is 16.7. The van der Waals surface area contributed by atoms with Crippen LogP contribution in [0.4, 0.5) is 4.79 Å². The number of fused-ring (bicyclic) bond motifs is 2. The fraction of sp³-hybridized carbons (Fsp3) is 0.318. The van der Waals surface area contributed by atoms with Gasteiger partial charge in [-0.2, -0.15) is 0 Å². The van der Waals surface area contributed by atoms with Gasteiger partial charge < -0.3 is 14.4 Å². The zero-order valence-electron chi connectivity index (χ0n) is 15.0. The first-order valence-corrected chi connectivity index (χ1v) is 9.22. The molecular weight excluding hydrogens is 326 g/mol. The van der Waals surface area contributed by atoms with Crippen molar-refractivity contribution in [2.45, 2.75) is 26.4 Å². The number of amides is 1. The van der Waals surface area contributed by atoms with Crippen molar-refractivity contribution in [3.05, 3.63) is 70.8 Å². The van der Waals surface area contributed by atoms with E-state index in [1.54, 1.807) is 4.90 Å². The molecule has 2 aliphatic heterocycles. The normalized spacial score (nSPS) is 16.3. The number of piperidine rings is 1. The van der Waals surface area contributed by atoms with Crippen LogP contribution in [0.3, 0.4) is 0 Å². The van der Waals surface area contributed by atoms with E-state index >= 15 is 0 Å². The summed E-state index contributed by atoms with van der Waals surface area (Å²) >= 11 is 0. The molecule has 0 aromatic heterocycles. The van der Waals surface area contributed by atoms with Gasteiger partial charge in [-0.1, -0.05) is 48.0 Å². The van der Waals surface area contributed by atoms with Crippen molar-refractivity contribution in [3.8, 4) is 5.75 Å². The summed E-state index contributed by atoms with van der Waals surface area (Å²) in [6.07, 6.45) is 1.51. The van der Waals surface area contributed by atoms with Gasteiger partial charge in [0.05, 0.1) is 6.61 Å². The van der Waals surface area contributed by atoms with Crippen LogP contribution in [0, 0.1) is 0 Å². The third-order valence-electron chi connectivity index (χ3n) is 5.07. The van der Waals surface area contributed by atoms with E-state index in [-0.39, 0.29) is 6.09 Å². The molecule has 0 atom stereocenters. The molecule has 0 unspecified atom stereocenters. The molecule has 2 aromatic rings. The van der Waals surface area contributed by atoms with Crippen molar-refractivity contribution in [1.29, 1.82) is 0 Å². The Morgan fingerprint density at radius 2 is 1.73 bits per heavy atom. The highest BCUT2D eigenvalue weighted by Gasteiger charge is 2.26. The van der Waals surface area contributed by atoms with Gasteiger partial charge in [0.25, 0.3) is 0 Å². The zero-order valence-corrected chi connectivity index (χ0v) is 15.0. The van der Waals surface area contributed by atoms with Gasteiger partial charge in [0.2, 0.25) is 0 Å². The van der Waals surface area contributed by atoms with E-state index in [2.05, 4.69) is 36.4 Å². The molecule has 2 aliphatic rings. The van der Waals surface area contributed by atoms with Crippen LogP contribution in [0.25, 0.3) is 5.57 Å². The van der Waals surface area contributed by atoms with Gasteiger partial charge >= 0.3 is 6.09 Å². The minimum atomic E-state index is -0.207. The fourth-order valence-corrected chi connectivity index (χ4v) is 3.79. The van der Waals surface area contributed by atoms with Crippen molar-refractivity contribution in [2.75, 3.05) is 19.7 Å². The summed E-state index contributed by atoms with van der Waals surface area (Å²) in [5.74, 6) is 0.930. The molecule has 4 nitrogen and oxygen atoms in total. The lowest BCUT2D eigenvalue weighted by Gasteiger charge is -2.29. The van der Waals surface area contributed by atoms with Crippen LogP contribution in [-0.4, -0.2) is 30.7 Å². The molecular formula is C22H23NO3. The SMILES string of the molecule is CCOC(=O)N1CCC(=C2c3ccccc3COc3ccccc32)CC1. The summed E-state index contributed by atoms with van der Waals surface area (Å²) in [5.41, 5.74) is 6.27. The number of nitrogens with zero attached hydrogens (tertiary/aromatic N) is 1. The molecule has 134 valence electrons. The average molecular weight is 349 g/mol. The number of likely N-dealkylation sites (tertiary alicyclic amines) is 1. The van der Waals surface area contributed by atoms with Gasteiger partial charge in [-0.25, -0.2) is 4.79 Å². The summed E-state index contributed by atoms with van der Waals surface area (Å²) < 4.78 is 11.2. The molecule has 2 aromatic carbocycles. The Balaban J connectivity index is 1.74. The van der Waals surface area contributed by atoms with Crippen molar-refractivity contribution in [1.82, 2.24) is 4.90 Å². The first-order chi connectivity index (χ1) is 12.8. The minimum Gasteiger partial charge on any atom is -0.488 e. The highest BCUT2D eigenvalue weighted by molar-refractivity contribution is 5.87. The van der Waals surface area contributed by atoms with Crippen molar-refractivity contribution in [3.63, 3.8) is 0 Å². The van der Waals surface area contributed by atoms with E-state index < -0.39 is 0 Å². The molecule has 0 saturated carbocycles. The summed E-state index contributed by atoms with van der Waals surface area (Å²) in [4.78, 5) is 13.8. The van der Waals surface area contributed by atoms with E-state index in [9.17, 15) is 4.79 Å². The molecule has 0 N–H and O–H groups in total. The Labute approximate surface area is 154 Å². The molecule has 0 radical (unpaired) electrons. The Morgan fingerprint density at radius 3 is 2.50 bits per heavy atom. The molecule has 4 rings (SSSR count). The summed E-state index contributed by atoms with van der Waals surface area (Å²) in [6.45, 7) is 4.24. The molecule has 2 heterocycles. The summed E-state index contributed by atoms with van der Waals surface area (Å²) in [5, 5.41) is 0. The number of hydrogen-bond acceptors (Lipinski definition) is 3. The van der Waals surface area contributed by atoms with Crippen LogP contribution in [0.1, 0.15) is 36.5 Å². The predicted octanol–water partition coefficient (Wildman–Crippen LogP) is 4.63. The van der Waals surface area contributed by atoms with Crippen molar-refractivity contribution in [2.24, 2.45) is 0 Å². The van der Waals surface area contributed by atoms with E-state index in [1.165, 1.54) is 22.3 Å². The maximum Gasteiger partial charge on any atom is 0.409 e. The van der Waals surface area contributed by atoms with Crippen LogP contribution in [0.15, 0.2) is 54.1 Å². The third kappa shape index (κ3) is 3.07. The highest BCUT2D eigenvalue weighted by Crippen LogP contribution is 2.40. The zero-order chi connectivity index (χ0) is 17.9. The summed E-state index contributed by atoms with van der Waals surface area (Å²) in [6, 6.07) is 16.7. The van der Waals surface area contributed by atoms with Gasteiger partial charge in [-0.3, -0.25) is 0 Å². The lowest BCUT2D eigenvalue weighted by Crippen LogP contribution is -2.37. The Hall–Kier alpha value is -2.75. The fourth-order valence-electron chi connectivity index (χ4n) is 3.79. The molecule has 4 heteroatoms. The maximum atomic E-state index is 12.0. The number of ether oxygens (including phenoxy) is 2. The number of benzene rings is 2. The number of rotatable bonds is 1. The molecule has 1 amide bonds. The van der Waals surface area contributed by atoms with Crippen molar-refractivity contribution >= 4 is 11.7 Å². The van der Waals surface area contributed by atoms with Crippen LogP contribution >= 0.6 is 0 Å². The topological polar surface area (TPSA) is 38.8 Å². The molecule has 1 saturated heterocycles. The van der Waals surface area contributed by atoms with Gasteiger partial charge in [0.1, 0.15) is 12.4 Å². The summed E-state index contributed by atoms with van der Waals surface area (Å²) in [7, 11) is 0. The second kappa shape index (κ2) is 7.24. The smallest absolute Gasteiger partial charge is 0.409 e. The standard InChI is InChI=1S/C22H23NO3/c1-2-25-22(24)23-13-11-16(12-14-23)21-18-8-4-3-7-17(18)15-26-20-10-6-5-9-19(20)21/h3-10H,2,11-15H2,1H3. The lowest BCUT2D eigenvalue weighted by molar-refractivity contribution is 0.104. The highest BCUT2D eigenvalue weighted by atomic mass is 16.6. The molecule has 26 heavy (non-hydrogen) atoms. The predicted molar refractivity (Wildman–Crippen MR) is 101 cm³/mol. The van der Waals surface area contributed by atoms with Crippen LogP contribution in [-0.2, 0) is 11.3 Å². The Morgan fingerprint density at radius 1 is 1.04 bits per heavy atom. The molecule has 1 fully saturated rings. The largest absolute Gasteiger partial charge is 0.488 e. The van der Waals surface area contributed by atoms with E-state index in [1.807, 2.05) is 19.1 Å². The Kier molecular flexibility index (Phi) is 4.65. The van der Waals surface area contributed by atoms with Gasteiger partial charge in [0, 0.05) is 18.7 Å². The molecule has 0 spiro atoms. The second-order valence-electron chi connectivity index (χ2n) is 6.61. The Bertz CT molecular complexity index is 796. The second-order valence-corrected chi connectivity index (χ2v) is 6.61. The van der Waals surface area contributed by atoms with Crippen molar-refractivity contribution < 1.29 is 14.3 Å². The number of carbonyl (C=O) groups excluding carboxylic acids is 1. The number of hydrogen-bond donors (Lipinski definition) is 0. The number of para-hydroxylation sites is 1. The maximum absolute atomic E-state index is 12.0. The quantitative estimate of drug-likeness (QED) is 0.753. The van der Waals surface area contributed by atoms with Crippen LogP contribution < -0.4 is 4.74 Å². The molecule has 0 bridgehead atoms. The van der Waals surface area contributed by atoms with Crippen LogP contribution in [0.2, 0.25) is 0 Å². The average Bonchev–Trinajstić information content (AvgIpc) is 2.85.